The average molecular weight is 181 g/mol. The van der Waals surface area contributed by atoms with Crippen LogP contribution in [0.5, 0.6) is 0 Å². The molecule has 1 aliphatic heterocycles. The van der Waals surface area contributed by atoms with Gasteiger partial charge in [0.05, 0.1) is 0 Å². The van der Waals surface area contributed by atoms with Gasteiger partial charge in [0.1, 0.15) is 0 Å². The maximum Gasteiger partial charge on any atom is 0.161 e. The molecule has 13 heavy (non-hydrogen) atoms. The molecule has 1 N–H and O–H groups in total. The third kappa shape index (κ3) is 2.66. The van der Waals surface area contributed by atoms with Crippen molar-refractivity contribution in [3.8, 4) is 0 Å². The number of ketones is 1. The van der Waals surface area contributed by atoms with Gasteiger partial charge in [-0.25, -0.2) is 0 Å². The van der Waals surface area contributed by atoms with E-state index in [-0.39, 0.29) is 5.41 Å². The number of hydrogen-bond acceptors (Lipinski definition) is 2. The Morgan fingerprint density at radius 3 is 2.31 bits per heavy atom. The van der Waals surface area contributed by atoms with Crippen LogP contribution in [0, 0.1) is 5.41 Å². The molecule has 0 atom stereocenters. The molecule has 0 saturated carbocycles. The Labute approximate surface area is 80.4 Å². The Morgan fingerprint density at radius 2 is 1.85 bits per heavy atom. The van der Waals surface area contributed by atoms with Crippen LogP contribution in [0.1, 0.15) is 33.6 Å². The van der Waals surface area contributed by atoms with Gasteiger partial charge in [-0.2, -0.15) is 0 Å². The van der Waals surface area contributed by atoms with E-state index in [1.165, 1.54) is 0 Å². The number of rotatable bonds is 2. The smallest absolute Gasteiger partial charge is 0.161 e. The van der Waals surface area contributed by atoms with Crippen molar-refractivity contribution in [3.63, 3.8) is 0 Å². The van der Waals surface area contributed by atoms with E-state index in [1.807, 2.05) is 13.8 Å². The van der Waals surface area contributed by atoms with Gasteiger partial charge in [0.15, 0.2) is 5.78 Å². The molecule has 0 aromatic rings. The summed E-state index contributed by atoms with van der Waals surface area (Å²) in [6, 6.07) is 0. The van der Waals surface area contributed by atoms with E-state index in [9.17, 15) is 4.79 Å². The van der Waals surface area contributed by atoms with E-state index in [2.05, 4.69) is 12.2 Å². The molecule has 0 aromatic heterocycles. The first kappa shape index (κ1) is 10.5. The van der Waals surface area contributed by atoms with Crippen LogP contribution in [-0.4, -0.2) is 18.9 Å². The molecule has 2 heteroatoms. The molecule has 0 aromatic carbocycles. The Kier molecular flexibility index (Phi) is 3.26. The number of carbonyl (C=O) groups excluding carboxylic acids is 1. The molecule has 0 amide bonds. The van der Waals surface area contributed by atoms with Gasteiger partial charge in [0, 0.05) is 5.41 Å². The fourth-order valence-corrected chi connectivity index (χ4v) is 1.66. The lowest BCUT2D eigenvalue weighted by Gasteiger charge is -2.31. The fraction of sp³-hybridized carbons (Fsp3) is 0.727. The van der Waals surface area contributed by atoms with E-state index in [4.69, 9.17) is 0 Å². The molecule has 1 rings (SSSR count). The maximum absolute atomic E-state index is 11.8. The zero-order valence-electron chi connectivity index (χ0n) is 8.81. The highest BCUT2D eigenvalue weighted by Gasteiger charge is 2.32. The van der Waals surface area contributed by atoms with E-state index in [0.29, 0.717) is 5.78 Å². The van der Waals surface area contributed by atoms with Gasteiger partial charge in [-0.15, -0.1) is 0 Å². The lowest BCUT2D eigenvalue weighted by Crippen LogP contribution is -2.39. The van der Waals surface area contributed by atoms with Gasteiger partial charge < -0.3 is 5.32 Å². The predicted molar refractivity (Wildman–Crippen MR) is 54.6 cm³/mol. The summed E-state index contributed by atoms with van der Waals surface area (Å²) in [5.41, 5.74) is 0.993. The number of carbonyl (C=O) groups is 1. The van der Waals surface area contributed by atoms with E-state index in [1.54, 1.807) is 6.08 Å². The molecule has 0 unspecified atom stereocenters. The van der Waals surface area contributed by atoms with E-state index < -0.39 is 0 Å². The number of piperidine rings is 1. The fourth-order valence-electron chi connectivity index (χ4n) is 1.66. The standard InChI is InChI=1S/C11H19NO/c1-9(2)8-10(13)11(3)4-6-12-7-5-11/h8,12H,4-7H2,1-3H3. The van der Waals surface area contributed by atoms with E-state index >= 15 is 0 Å². The van der Waals surface area contributed by atoms with Gasteiger partial charge in [-0.3, -0.25) is 4.79 Å². The summed E-state index contributed by atoms with van der Waals surface area (Å²) in [5.74, 6) is 0.300. The second kappa shape index (κ2) is 4.05. The second-order valence-electron chi connectivity index (χ2n) is 4.40. The maximum atomic E-state index is 11.8. The first-order valence-corrected chi connectivity index (χ1v) is 4.95. The summed E-state index contributed by atoms with van der Waals surface area (Å²) < 4.78 is 0. The summed E-state index contributed by atoms with van der Waals surface area (Å²) in [4.78, 5) is 11.8. The molecule has 2 nitrogen and oxygen atoms in total. The van der Waals surface area contributed by atoms with Crippen molar-refractivity contribution < 1.29 is 4.79 Å². The summed E-state index contributed by atoms with van der Waals surface area (Å²) in [6.07, 6.45) is 3.72. The van der Waals surface area contributed by atoms with Gasteiger partial charge in [0.2, 0.25) is 0 Å². The summed E-state index contributed by atoms with van der Waals surface area (Å²) >= 11 is 0. The highest BCUT2D eigenvalue weighted by molar-refractivity contribution is 5.95. The number of nitrogens with one attached hydrogen (secondary N) is 1. The molecule has 1 fully saturated rings. The summed E-state index contributed by atoms with van der Waals surface area (Å²) in [5, 5.41) is 3.28. The monoisotopic (exact) mass is 181 g/mol. The Balaban J connectivity index is 2.67. The number of hydrogen-bond donors (Lipinski definition) is 1. The Hall–Kier alpha value is -0.630. The number of allylic oxidation sites excluding steroid dienone is 2. The third-order valence-electron chi connectivity index (χ3n) is 2.72. The normalized spacial score (nSPS) is 20.8. The van der Waals surface area contributed by atoms with Crippen molar-refractivity contribution in [1.82, 2.24) is 5.32 Å². The summed E-state index contributed by atoms with van der Waals surface area (Å²) in [7, 11) is 0. The molecule has 74 valence electrons. The molecule has 1 aliphatic rings. The average Bonchev–Trinajstić information content (AvgIpc) is 2.04. The van der Waals surface area contributed by atoms with Crippen molar-refractivity contribution in [2.75, 3.05) is 13.1 Å². The largest absolute Gasteiger partial charge is 0.317 e. The van der Waals surface area contributed by atoms with Crippen LogP contribution in [0.2, 0.25) is 0 Å². The molecule has 0 aliphatic carbocycles. The molecule has 1 saturated heterocycles. The van der Waals surface area contributed by atoms with Crippen LogP contribution in [0.4, 0.5) is 0 Å². The van der Waals surface area contributed by atoms with Crippen molar-refractivity contribution in [2.24, 2.45) is 5.41 Å². The highest BCUT2D eigenvalue weighted by Crippen LogP contribution is 2.29. The van der Waals surface area contributed by atoms with Crippen LogP contribution < -0.4 is 5.32 Å². The van der Waals surface area contributed by atoms with Gasteiger partial charge in [-0.05, 0) is 45.9 Å². The van der Waals surface area contributed by atoms with Gasteiger partial charge in [-0.1, -0.05) is 12.5 Å². The van der Waals surface area contributed by atoms with Crippen LogP contribution >= 0.6 is 0 Å². The third-order valence-corrected chi connectivity index (χ3v) is 2.72. The molecule has 1 heterocycles. The van der Waals surface area contributed by atoms with Gasteiger partial charge in [0.25, 0.3) is 0 Å². The molecule has 0 bridgehead atoms. The highest BCUT2D eigenvalue weighted by atomic mass is 16.1. The second-order valence-corrected chi connectivity index (χ2v) is 4.40. The Morgan fingerprint density at radius 1 is 1.31 bits per heavy atom. The van der Waals surface area contributed by atoms with Crippen molar-refractivity contribution in [1.29, 1.82) is 0 Å². The van der Waals surface area contributed by atoms with Crippen LogP contribution in [-0.2, 0) is 4.79 Å². The SMILES string of the molecule is CC(C)=CC(=O)C1(C)CCNCC1. The lowest BCUT2D eigenvalue weighted by molar-refractivity contribution is -0.124. The van der Waals surface area contributed by atoms with Crippen molar-refractivity contribution >= 4 is 5.78 Å². The Bertz CT molecular complexity index is 220. The van der Waals surface area contributed by atoms with Crippen molar-refractivity contribution in [2.45, 2.75) is 33.6 Å². The van der Waals surface area contributed by atoms with E-state index in [0.717, 1.165) is 31.5 Å². The summed E-state index contributed by atoms with van der Waals surface area (Å²) in [6.45, 7) is 7.97. The topological polar surface area (TPSA) is 29.1 Å². The minimum absolute atomic E-state index is 0.109. The van der Waals surface area contributed by atoms with Crippen LogP contribution in [0.25, 0.3) is 0 Å². The first-order chi connectivity index (χ1) is 6.04. The quantitative estimate of drug-likeness (QED) is 0.659. The first-order valence-electron chi connectivity index (χ1n) is 4.95. The molecule has 0 radical (unpaired) electrons. The lowest BCUT2D eigenvalue weighted by atomic mass is 9.77. The zero-order chi connectivity index (χ0) is 9.90. The van der Waals surface area contributed by atoms with Crippen LogP contribution in [0.15, 0.2) is 11.6 Å². The van der Waals surface area contributed by atoms with Gasteiger partial charge >= 0.3 is 0 Å². The minimum atomic E-state index is -0.109. The molecular weight excluding hydrogens is 162 g/mol. The van der Waals surface area contributed by atoms with Crippen LogP contribution in [0.3, 0.4) is 0 Å². The molecule has 0 spiro atoms. The minimum Gasteiger partial charge on any atom is -0.317 e. The predicted octanol–water partition coefficient (Wildman–Crippen LogP) is 1.91. The molecular formula is C11H19NO. The van der Waals surface area contributed by atoms with Crippen molar-refractivity contribution in [3.05, 3.63) is 11.6 Å². The zero-order valence-corrected chi connectivity index (χ0v) is 8.81.